The fraction of sp³-hybridized carbons (Fsp3) is 0.364. The molecule has 1 aromatic rings. The van der Waals surface area contributed by atoms with Gasteiger partial charge in [0.25, 0.3) is 5.91 Å². The number of nitrogens with zero attached hydrogens (tertiary/aromatic N) is 1. The van der Waals surface area contributed by atoms with Crippen LogP contribution >= 0.6 is 11.6 Å². The zero-order valence-electron chi connectivity index (χ0n) is 9.06. The number of rotatable bonds is 2. The molecule has 0 spiro atoms. The molecule has 0 aromatic heterocycles. The fourth-order valence-electron chi connectivity index (χ4n) is 1.87. The van der Waals surface area contributed by atoms with Crippen molar-refractivity contribution in [1.82, 2.24) is 4.90 Å². The van der Waals surface area contributed by atoms with Crippen molar-refractivity contribution < 1.29 is 13.6 Å². The van der Waals surface area contributed by atoms with E-state index >= 15 is 0 Å². The molecule has 0 aliphatic carbocycles. The summed E-state index contributed by atoms with van der Waals surface area (Å²) in [5, 5.41) is 0.198. The van der Waals surface area contributed by atoms with E-state index in [1.807, 2.05) is 0 Å². The van der Waals surface area contributed by atoms with Crippen LogP contribution in [0.2, 0.25) is 5.02 Å². The predicted molar refractivity (Wildman–Crippen MR) is 65.6 cm³/mol. The van der Waals surface area contributed by atoms with E-state index in [0.29, 0.717) is 5.56 Å². The molecule has 6 heteroatoms. The average Bonchev–Trinajstić information content (AvgIpc) is 2.81. The van der Waals surface area contributed by atoms with E-state index in [2.05, 4.69) is 0 Å². The summed E-state index contributed by atoms with van der Waals surface area (Å²) in [6, 6.07) is 4.45. The largest absolute Gasteiger partial charge is 0.339 e. The Bertz CT molecular complexity index is 472. The van der Waals surface area contributed by atoms with Gasteiger partial charge in [-0.15, -0.1) is 0 Å². The smallest absolute Gasteiger partial charge is 0.253 e. The molecule has 1 aromatic carbocycles. The molecule has 1 fully saturated rings. The van der Waals surface area contributed by atoms with E-state index in [1.165, 1.54) is 12.1 Å². The number of hydrogen-bond donors (Lipinski definition) is 1. The van der Waals surface area contributed by atoms with Crippen LogP contribution in [0.4, 0.5) is 0 Å². The standard InChI is InChI=1S/C11H12ClNO3S/c12-9-4-3-8(7-10(9)17(15)16)11(14)13-5-1-2-6-13/h3-4,7H,1-2,5-6H2,(H,15,16). The van der Waals surface area contributed by atoms with Crippen LogP contribution in [0.15, 0.2) is 23.1 Å². The summed E-state index contributed by atoms with van der Waals surface area (Å²) in [7, 11) is 0. The third-order valence-corrected chi connectivity index (χ3v) is 3.92. The number of benzene rings is 1. The molecule has 1 amide bonds. The zero-order valence-corrected chi connectivity index (χ0v) is 10.6. The second-order valence-electron chi connectivity index (χ2n) is 3.89. The number of carbonyl (C=O) groups excluding carboxylic acids is 1. The van der Waals surface area contributed by atoms with E-state index in [4.69, 9.17) is 16.2 Å². The molecule has 1 N–H and O–H groups in total. The SMILES string of the molecule is O=C(c1ccc(Cl)c(S(=O)O)c1)N1CCCC1. The maximum Gasteiger partial charge on any atom is 0.253 e. The van der Waals surface area contributed by atoms with Crippen LogP contribution in [0.3, 0.4) is 0 Å². The monoisotopic (exact) mass is 273 g/mol. The molecule has 1 aliphatic rings. The highest BCUT2D eigenvalue weighted by Crippen LogP contribution is 2.22. The van der Waals surface area contributed by atoms with E-state index in [9.17, 15) is 9.00 Å². The van der Waals surface area contributed by atoms with Crippen molar-refractivity contribution in [3.05, 3.63) is 28.8 Å². The minimum absolute atomic E-state index is 0.0803. The van der Waals surface area contributed by atoms with Gasteiger partial charge in [-0.2, -0.15) is 0 Å². The summed E-state index contributed by atoms with van der Waals surface area (Å²) in [5.41, 5.74) is 0.411. The number of amides is 1. The normalized spacial score (nSPS) is 17.2. The third-order valence-electron chi connectivity index (χ3n) is 2.76. The van der Waals surface area contributed by atoms with Crippen LogP contribution in [0.25, 0.3) is 0 Å². The average molecular weight is 274 g/mol. The first-order chi connectivity index (χ1) is 8.09. The lowest BCUT2D eigenvalue weighted by Gasteiger charge is -2.15. The van der Waals surface area contributed by atoms with Gasteiger partial charge in [0, 0.05) is 18.7 Å². The van der Waals surface area contributed by atoms with Gasteiger partial charge < -0.3 is 9.45 Å². The van der Waals surface area contributed by atoms with Gasteiger partial charge in [-0.1, -0.05) is 11.6 Å². The first-order valence-corrected chi connectivity index (χ1v) is 6.78. The second kappa shape index (κ2) is 5.16. The molecule has 0 radical (unpaired) electrons. The van der Waals surface area contributed by atoms with Crippen molar-refractivity contribution in [2.24, 2.45) is 0 Å². The molecule has 92 valence electrons. The van der Waals surface area contributed by atoms with E-state index in [-0.39, 0.29) is 15.8 Å². The van der Waals surface area contributed by atoms with Crippen molar-refractivity contribution in [1.29, 1.82) is 0 Å². The molecule has 0 bridgehead atoms. The second-order valence-corrected chi connectivity index (χ2v) is 5.24. The molecule has 1 atom stereocenters. The molecular weight excluding hydrogens is 262 g/mol. The highest BCUT2D eigenvalue weighted by Gasteiger charge is 2.20. The van der Waals surface area contributed by atoms with E-state index in [0.717, 1.165) is 25.9 Å². The highest BCUT2D eigenvalue weighted by atomic mass is 35.5. The first kappa shape index (κ1) is 12.5. The Labute approximate surface area is 107 Å². The molecule has 1 heterocycles. The van der Waals surface area contributed by atoms with Gasteiger partial charge in [0.15, 0.2) is 11.1 Å². The van der Waals surface area contributed by atoms with Crippen LogP contribution in [-0.4, -0.2) is 32.7 Å². The van der Waals surface area contributed by atoms with Gasteiger partial charge >= 0.3 is 0 Å². The predicted octanol–water partition coefficient (Wildman–Crippen LogP) is 2.16. The topological polar surface area (TPSA) is 57.6 Å². The van der Waals surface area contributed by atoms with Gasteiger partial charge in [-0.3, -0.25) is 4.79 Å². The number of halogens is 1. The van der Waals surface area contributed by atoms with Gasteiger partial charge in [0.1, 0.15) is 0 Å². The minimum Gasteiger partial charge on any atom is -0.339 e. The number of hydrogen-bond acceptors (Lipinski definition) is 2. The van der Waals surface area contributed by atoms with Crippen LogP contribution in [-0.2, 0) is 11.1 Å². The summed E-state index contributed by atoms with van der Waals surface area (Å²) in [6.07, 6.45) is 2.02. The maximum absolute atomic E-state index is 12.0. The minimum atomic E-state index is -2.17. The van der Waals surface area contributed by atoms with Crippen molar-refractivity contribution in [3.63, 3.8) is 0 Å². The van der Waals surface area contributed by atoms with Crippen LogP contribution in [0.5, 0.6) is 0 Å². The van der Waals surface area contributed by atoms with Crippen molar-refractivity contribution in [2.45, 2.75) is 17.7 Å². The van der Waals surface area contributed by atoms with Crippen LogP contribution in [0, 0.1) is 0 Å². The summed E-state index contributed by atoms with van der Waals surface area (Å²) < 4.78 is 20.1. The quantitative estimate of drug-likeness (QED) is 0.840. The van der Waals surface area contributed by atoms with Gasteiger partial charge in [0.05, 0.1) is 9.92 Å². The van der Waals surface area contributed by atoms with Gasteiger partial charge in [-0.05, 0) is 31.0 Å². The summed E-state index contributed by atoms with van der Waals surface area (Å²) in [6.45, 7) is 1.50. The Balaban J connectivity index is 2.29. The lowest BCUT2D eigenvalue weighted by molar-refractivity contribution is 0.0792. The molecule has 0 saturated carbocycles. The Morgan fingerprint density at radius 3 is 2.59 bits per heavy atom. The van der Waals surface area contributed by atoms with Gasteiger partial charge in [-0.25, -0.2) is 4.21 Å². The maximum atomic E-state index is 12.0. The molecule has 2 rings (SSSR count). The molecular formula is C11H12ClNO3S. The van der Waals surface area contributed by atoms with E-state index < -0.39 is 11.1 Å². The fourth-order valence-corrected chi connectivity index (χ4v) is 2.65. The number of carbonyl (C=O) groups is 1. The molecule has 17 heavy (non-hydrogen) atoms. The first-order valence-electron chi connectivity index (χ1n) is 5.29. The third kappa shape index (κ3) is 2.68. The Hall–Kier alpha value is -0.910. The Morgan fingerprint density at radius 1 is 1.35 bits per heavy atom. The highest BCUT2D eigenvalue weighted by molar-refractivity contribution is 7.79. The van der Waals surface area contributed by atoms with Crippen LogP contribution < -0.4 is 0 Å². The van der Waals surface area contributed by atoms with Crippen LogP contribution in [0.1, 0.15) is 23.2 Å². The number of likely N-dealkylation sites (tertiary alicyclic amines) is 1. The molecule has 4 nitrogen and oxygen atoms in total. The van der Waals surface area contributed by atoms with Crippen molar-refractivity contribution in [2.75, 3.05) is 13.1 Å². The van der Waals surface area contributed by atoms with E-state index in [1.54, 1.807) is 11.0 Å². The van der Waals surface area contributed by atoms with Gasteiger partial charge in [0.2, 0.25) is 0 Å². The zero-order chi connectivity index (χ0) is 12.4. The van der Waals surface area contributed by atoms with Crippen molar-refractivity contribution >= 4 is 28.6 Å². The Kier molecular flexibility index (Phi) is 3.81. The van der Waals surface area contributed by atoms with Crippen molar-refractivity contribution in [3.8, 4) is 0 Å². The lowest BCUT2D eigenvalue weighted by Crippen LogP contribution is -2.27. The molecule has 1 aliphatic heterocycles. The summed E-state index contributed by atoms with van der Waals surface area (Å²) in [4.78, 5) is 13.9. The Morgan fingerprint density at radius 2 is 2.00 bits per heavy atom. The molecule has 1 unspecified atom stereocenters. The molecule has 1 saturated heterocycles. The lowest BCUT2D eigenvalue weighted by atomic mass is 10.2. The summed E-state index contributed by atoms with van der Waals surface area (Å²) >= 11 is 3.61. The summed E-state index contributed by atoms with van der Waals surface area (Å²) in [5.74, 6) is -0.106.